The zero-order chi connectivity index (χ0) is 16.5. The monoisotopic (exact) mass is 296 g/mol. The van der Waals surface area contributed by atoms with Crippen molar-refractivity contribution in [2.45, 2.75) is 52.6 Å². The van der Waals surface area contributed by atoms with Gasteiger partial charge in [-0.05, 0) is 38.5 Å². The van der Waals surface area contributed by atoms with E-state index in [1.807, 2.05) is 13.8 Å². The third-order valence-electron chi connectivity index (χ3n) is 3.55. The summed E-state index contributed by atoms with van der Waals surface area (Å²) in [6, 6.07) is 0. The van der Waals surface area contributed by atoms with Gasteiger partial charge in [0.1, 0.15) is 0 Å². The maximum absolute atomic E-state index is 10.9. The molecule has 0 aliphatic heterocycles. The number of hydrogen-bond donors (Lipinski definition) is 2. The average molecular weight is 296 g/mol. The summed E-state index contributed by atoms with van der Waals surface area (Å²) in [7, 11) is 3.05. The summed E-state index contributed by atoms with van der Waals surface area (Å²) in [6.45, 7) is 10.5. The second-order valence-corrected chi connectivity index (χ2v) is 6.99. The number of carbonyl (C=O) groups excluding carboxylic acids is 2. The van der Waals surface area contributed by atoms with Crippen LogP contribution in [0.15, 0.2) is 0 Å². The molecule has 0 aromatic rings. The van der Waals surface area contributed by atoms with Crippen molar-refractivity contribution < 1.29 is 14.3 Å². The van der Waals surface area contributed by atoms with Gasteiger partial charge in [-0.1, -0.05) is 13.8 Å². The molecular formula is C14H30B2N2O3. The molecule has 0 radical (unpaired) electrons. The van der Waals surface area contributed by atoms with Crippen LogP contribution in [0.25, 0.3) is 0 Å². The molecule has 0 unspecified atom stereocenters. The number of ether oxygens (including phenoxy) is 1. The molecule has 2 amide bonds. The fourth-order valence-corrected chi connectivity index (χ4v) is 1.92. The predicted octanol–water partition coefficient (Wildman–Crippen LogP) is 0.663. The molecule has 0 saturated heterocycles. The molecule has 0 aliphatic carbocycles. The van der Waals surface area contributed by atoms with Crippen LogP contribution in [0.4, 0.5) is 9.59 Å². The first-order chi connectivity index (χ1) is 9.54. The summed E-state index contributed by atoms with van der Waals surface area (Å²) in [5.41, 5.74) is -0.105. The Balaban J connectivity index is 3.92. The number of nitrogens with one attached hydrogen (secondary N) is 2. The molecule has 120 valence electrons. The fourth-order valence-electron chi connectivity index (χ4n) is 1.92. The van der Waals surface area contributed by atoms with Gasteiger partial charge in [0.25, 0.3) is 0 Å². The van der Waals surface area contributed by atoms with Crippen LogP contribution < -0.4 is 10.6 Å². The van der Waals surface area contributed by atoms with Gasteiger partial charge in [-0.25, -0.2) is 0 Å². The van der Waals surface area contributed by atoms with Crippen LogP contribution in [0, 0.1) is 5.41 Å². The van der Waals surface area contributed by atoms with Gasteiger partial charge < -0.3 is 15.4 Å². The molecule has 0 saturated carbocycles. The van der Waals surface area contributed by atoms with Crippen molar-refractivity contribution in [3.8, 4) is 0 Å². The Morgan fingerprint density at radius 3 is 1.86 bits per heavy atom. The van der Waals surface area contributed by atoms with Crippen LogP contribution in [-0.2, 0) is 4.74 Å². The lowest BCUT2D eigenvalue weighted by atomic mass is 9.86. The van der Waals surface area contributed by atoms with Gasteiger partial charge in [-0.3, -0.25) is 9.59 Å². The van der Waals surface area contributed by atoms with Crippen molar-refractivity contribution in [2.24, 2.45) is 5.41 Å². The van der Waals surface area contributed by atoms with Crippen molar-refractivity contribution >= 4 is 27.3 Å². The lowest BCUT2D eigenvalue weighted by Gasteiger charge is -2.29. The van der Waals surface area contributed by atoms with E-state index in [0.29, 0.717) is 19.7 Å². The van der Waals surface area contributed by atoms with E-state index in [4.69, 9.17) is 4.74 Å². The molecule has 5 nitrogen and oxygen atoms in total. The predicted molar refractivity (Wildman–Crippen MR) is 91.5 cm³/mol. The molecule has 0 rings (SSSR count). The van der Waals surface area contributed by atoms with E-state index in [-0.39, 0.29) is 22.6 Å². The Kier molecular flexibility index (Phi) is 8.71. The van der Waals surface area contributed by atoms with Gasteiger partial charge in [0, 0.05) is 19.7 Å². The SMILES string of the molecule is BC(=O)NCCC(C)(C)CCOC(C)(C)CCNC(B)=O. The second-order valence-electron chi connectivity index (χ2n) is 6.99. The Labute approximate surface area is 130 Å². The maximum Gasteiger partial charge on any atom is 0.215 e. The molecule has 0 atom stereocenters. The smallest absolute Gasteiger partial charge is 0.215 e. The Bertz CT molecular complexity index is 315. The number of amides is 2. The van der Waals surface area contributed by atoms with Crippen LogP contribution in [0.2, 0.25) is 0 Å². The Hall–Kier alpha value is -0.970. The van der Waals surface area contributed by atoms with Crippen LogP contribution in [0.1, 0.15) is 47.0 Å². The number of rotatable bonds is 10. The van der Waals surface area contributed by atoms with Crippen molar-refractivity contribution in [3.63, 3.8) is 0 Å². The zero-order valence-electron chi connectivity index (χ0n) is 14.5. The van der Waals surface area contributed by atoms with Gasteiger partial charge >= 0.3 is 0 Å². The molecule has 0 heterocycles. The van der Waals surface area contributed by atoms with E-state index < -0.39 is 0 Å². The highest BCUT2D eigenvalue weighted by Gasteiger charge is 2.22. The minimum atomic E-state index is -0.240. The Morgan fingerprint density at radius 1 is 0.905 bits per heavy atom. The van der Waals surface area contributed by atoms with Crippen LogP contribution >= 0.6 is 0 Å². The molecule has 0 bridgehead atoms. The first-order valence-corrected chi connectivity index (χ1v) is 7.67. The quantitative estimate of drug-likeness (QED) is 0.582. The van der Waals surface area contributed by atoms with E-state index >= 15 is 0 Å². The lowest BCUT2D eigenvalue weighted by Crippen LogP contribution is -2.33. The third-order valence-corrected chi connectivity index (χ3v) is 3.55. The molecule has 0 spiro atoms. The summed E-state index contributed by atoms with van der Waals surface area (Å²) >= 11 is 0. The zero-order valence-corrected chi connectivity index (χ0v) is 14.5. The van der Waals surface area contributed by atoms with Crippen LogP contribution in [0.5, 0.6) is 0 Å². The topological polar surface area (TPSA) is 67.4 Å². The molecular weight excluding hydrogens is 266 g/mol. The van der Waals surface area contributed by atoms with Gasteiger partial charge in [0.05, 0.1) is 5.60 Å². The highest BCUT2D eigenvalue weighted by molar-refractivity contribution is 6.57. The number of carbonyl (C=O) groups is 2. The maximum atomic E-state index is 10.9. The van der Waals surface area contributed by atoms with E-state index in [1.165, 1.54) is 15.7 Å². The summed E-state index contributed by atoms with van der Waals surface area (Å²) in [5, 5.41) is 5.61. The van der Waals surface area contributed by atoms with Gasteiger partial charge in [0.2, 0.25) is 15.7 Å². The molecule has 7 heteroatoms. The minimum Gasteiger partial charge on any atom is -0.375 e. The third kappa shape index (κ3) is 12.5. The average Bonchev–Trinajstić information content (AvgIpc) is 2.26. The second kappa shape index (κ2) is 9.13. The molecule has 2 N–H and O–H groups in total. The van der Waals surface area contributed by atoms with E-state index in [9.17, 15) is 9.59 Å². The highest BCUT2D eigenvalue weighted by Crippen LogP contribution is 2.26. The van der Waals surface area contributed by atoms with Crippen molar-refractivity contribution in [3.05, 3.63) is 0 Å². The van der Waals surface area contributed by atoms with Crippen LogP contribution in [0.3, 0.4) is 0 Å². The summed E-state index contributed by atoms with van der Waals surface area (Å²) in [6.07, 6.45) is 2.66. The molecule has 0 fully saturated rings. The summed E-state index contributed by atoms with van der Waals surface area (Å²) < 4.78 is 5.94. The first kappa shape index (κ1) is 20.0. The van der Waals surface area contributed by atoms with Crippen molar-refractivity contribution in [1.82, 2.24) is 10.6 Å². The molecule has 0 aromatic heterocycles. The van der Waals surface area contributed by atoms with E-state index in [0.717, 1.165) is 19.3 Å². The lowest BCUT2D eigenvalue weighted by molar-refractivity contribution is -0.0337. The fraction of sp³-hybridized carbons (Fsp3) is 0.857. The summed E-state index contributed by atoms with van der Waals surface area (Å²) in [5.74, 6) is 0.00561. The first-order valence-electron chi connectivity index (χ1n) is 7.67. The summed E-state index contributed by atoms with van der Waals surface area (Å²) in [4.78, 5) is 21.7. The number of hydrogen-bond acceptors (Lipinski definition) is 3. The van der Waals surface area contributed by atoms with E-state index in [2.05, 4.69) is 24.5 Å². The normalized spacial score (nSPS) is 12.0. The van der Waals surface area contributed by atoms with E-state index in [1.54, 1.807) is 0 Å². The van der Waals surface area contributed by atoms with Gasteiger partial charge in [0.15, 0.2) is 11.6 Å². The van der Waals surface area contributed by atoms with Gasteiger partial charge in [-0.15, -0.1) is 0 Å². The van der Waals surface area contributed by atoms with Crippen LogP contribution in [-0.4, -0.2) is 52.6 Å². The van der Waals surface area contributed by atoms with Gasteiger partial charge in [-0.2, -0.15) is 0 Å². The van der Waals surface area contributed by atoms with Crippen molar-refractivity contribution in [2.75, 3.05) is 19.7 Å². The molecule has 21 heavy (non-hydrogen) atoms. The minimum absolute atomic E-state index is 0.00935. The van der Waals surface area contributed by atoms with Crippen molar-refractivity contribution in [1.29, 1.82) is 0 Å². The molecule has 0 aromatic carbocycles. The Morgan fingerprint density at radius 2 is 1.38 bits per heavy atom. The highest BCUT2D eigenvalue weighted by atomic mass is 16.5. The molecule has 0 aliphatic rings. The standard InChI is InChI=1S/C14H30B2N2O3/c1-13(2,5-8-17-11(15)19)7-10-21-14(3,4)6-9-18-12(16)20/h5-10,15-16H2,1-4H3,(H,17,19)(H,18,20). The largest absolute Gasteiger partial charge is 0.375 e.